The average Bonchev–Trinajstić information content (AvgIpc) is 2.77. The van der Waals surface area contributed by atoms with Crippen LogP contribution < -0.4 is 4.74 Å². The molecule has 2 N–H and O–H groups in total. The van der Waals surface area contributed by atoms with E-state index in [1.54, 1.807) is 0 Å². The van der Waals surface area contributed by atoms with Crippen molar-refractivity contribution >= 4 is 7.60 Å². The van der Waals surface area contributed by atoms with Crippen LogP contribution in [0.1, 0.15) is 86.1 Å². The Kier molecular flexibility index (Phi) is 12.4. The van der Waals surface area contributed by atoms with Gasteiger partial charge in [-0.1, -0.05) is 62.9 Å². The van der Waals surface area contributed by atoms with Gasteiger partial charge in [0.2, 0.25) is 0 Å². The molecule has 1 atom stereocenters. The molecule has 0 radical (unpaired) electrons. The van der Waals surface area contributed by atoms with Crippen LogP contribution in [0, 0.1) is 26.7 Å². The largest absolute Gasteiger partial charge is 0.493 e. The number of hydrogen-bond donors (Lipinski definition) is 2. The molecule has 0 spiro atoms. The first-order chi connectivity index (χ1) is 16.2. The molecule has 0 aromatic heterocycles. The Morgan fingerprint density at radius 2 is 1.53 bits per heavy atom. The van der Waals surface area contributed by atoms with Crippen LogP contribution in [0.3, 0.4) is 0 Å². The quantitative estimate of drug-likeness (QED) is 0.188. The molecule has 34 heavy (non-hydrogen) atoms. The molecule has 2 aromatic rings. The number of hydrogen-bond acceptors (Lipinski definition) is 2. The lowest BCUT2D eigenvalue weighted by molar-refractivity contribution is 0.285. The lowest BCUT2D eigenvalue weighted by atomic mass is 9.89. The van der Waals surface area contributed by atoms with E-state index in [0.29, 0.717) is 12.3 Å². The van der Waals surface area contributed by atoms with Crippen molar-refractivity contribution < 1.29 is 19.1 Å². The molecule has 2 rings (SSSR count). The Hall–Kier alpha value is -1.61. The van der Waals surface area contributed by atoms with E-state index in [9.17, 15) is 4.57 Å². The summed E-state index contributed by atoms with van der Waals surface area (Å²) in [7, 11) is -3.86. The number of rotatable bonds is 16. The van der Waals surface area contributed by atoms with Gasteiger partial charge >= 0.3 is 7.60 Å². The van der Waals surface area contributed by atoms with Crippen LogP contribution in [-0.2, 0) is 17.4 Å². The second kappa shape index (κ2) is 14.7. The Balaban J connectivity index is 1.76. The first-order valence-corrected chi connectivity index (χ1v) is 14.8. The maximum atomic E-state index is 10.9. The van der Waals surface area contributed by atoms with Crippen molar-refractivity contribution in [1.29, 1.82) is 0 Å². The zero-order valence-electron chi connectivity index (χ0n) is 21.7. The van der Waals surface area contributed by atoms with Gasteiger partial charge in [0.15, 0.2) is 0 Å². The lowest BCUT2D eigenvalue weighted by Gasteiger charge is -2.18. The fourth-order valence-corrected chi connectivity index (χ4v) is 5.15. The van der Waals surface area contributed by atoms with E-state index in [1.165, 1.54) is 47.9 Å². The minimum absolute atomic E-state index is 0.0111. The van der Waals surface area contributed by atoms with Crippen molar-refractivity contribution in [1.82, 2.24) is 0 Å². The van der Waals surface area contributed by atoms with Gasteiger partial charge < -0.3 is 14.5 Å². The number of ether oxygens (including phenoxy) is 1. The van der Waals surface area contributed by atoms with E-state index >= 15 is 0 Å². The van der Waals surface area contributed by atoms with E-state index in [2.05, 4.69) is 64.1 Å². The maximum absolute atomic E-state index is 10.9. The van der Waals surface area contributed by atoms with Crippen LogP contribution in [-0.4, -0.2) is 22.6 Å². The van der Waals surface area contributed by atoms with E-state index in [-0.39, 0.29) is 6.16 Å². The molecule has 0 aliphatic rings. The van der Waals surface area contributed by atoms with E-state index in [4.69, 9.17) is 14.5 Å². The summed E-state index contributed by atoms with van der Waals surface area (Å²) in [5.74, 6) is 1.67. The summed E-state index contributed by atoms with van der Waals surface area (Å²) in [6.07, 6.45) is 10.5. The summed E-state index contributed by atoms with van der Waals surface area (Å²) >= 11 is 0. The molecule has 0 heterocycles. The smallest absolute Gasteiger partial charge is 0.325 e. The maximum Gasteiger partial charge on any atom is 0.325 e. The molecule has 4 nitrogen and oxygen atoms in total. The Morgan fingerprint density at radius 1 is 0.824 bits per heavy atom. The van der Waals surface area contributed by atoms with Crippen molar-refractivity contribution in [2.24, 2.45) is 5.92 Å². The minimum Gasteiger partial charge on any atom is -0.493 e. The second-order valence-corrected chi connectivity index (χ2v) is 11.7. The first kappa shape index (κ1) is 28.6. The van der Waals surface area contributed by atoms with Crippen LogP contribution in [0.15, 0.2) is 36.4 Å². The zero-order chi connectivity index (χ0) is 25.0. The van der Waals surface area contributed by atoms with Crippen molar-refractivity contribution in [3.63, 3.8) is 0 Å². The topological polar surface area (TPSA) is 66.8 Å². The van der Waals surface area contributed by atoms with Gasteiger partial charge in [-0.3, -0.25) is 4.57 Å². The highest BCUT2D eigenvalue weighted by Gasteiger charge is 2.12. The van der Waals surface area contributed by atoms with E-state index < -0.39 is 7.60 Å². The summed E-state index contributed by atoms with van der Waals surface area (Å²) in [5.41, 5.74) is 6.62. The van der Waals surface area contributed by atoms with Crippen LogP contribution in [0.4, 0.5) is 0 Å². The molecule has 190 valence electrons. The fourth-order valence-electron chi connectivity index (χ4n) is 4.51. The standard InChI is InChI=1S/C29H45O4P/c1-5-6-11-26(22-28-15-14-23(2)24(3)20-28)13-10-18-33-29-17-16-27(21-25(29)4)12-8-7-9-19-34(30,31)32/h14-17,20-21,26H,5-13,18-19,22H2,1-4H3,(H2,30,31,32). The summed E-state index contributed by atoms with van der Waals surface area (Å²) in [6.45, 7) is 9.49. The van der Waals surface area contributed by atoms with Gasteiger partial charge in [-0.05, 0) is 99.1 Å². The zero-order valence-corrected chi connectivity index (χ0v) is 22.6. The number of benzene rings is 2. The minimum atomic E-state index is -3.86. The third-order valence-electron chi connectivity index (χ3n) is 6.73. The highest BCUT2D eigenvalue weighted by Crippen LogP contribution is 2.35. The lowest BCUT2D eigenvalue weighted by Crippen LogP contribution is -2.08. The molecule has 0 saturated heterocycles. The van der Waals surface area contributed by atoms with Crippen LogP contribution in [0.2, 0.25) is 0 Å². The summed E-state index contributed by atoms with van der Waals surface area (Å²) in [5, 5.41) is 0. The average molecular weight is 489 g/mol. The van der Waals surface area contributed by atoms with Crippen LogP contribution in [0.25, 0.3) is 0 Å². The van der Waals surface area contributed by atoms with Crippen molar-refractivity contribution in [2.45, 2.75) is 91.9 Å². The third kappa shape index (κ3) is 11.2. The predicted octanol–water partition coefficient (Wildman–Crippen LogP) is 7.71. The van der Waals surface area contributed by atoms with Gasteiger partial charge in [-0.25, -0.2) is 0 Å². The molecule has 0 amide bonds. The highest BCUT2D eigenvalue weighted by molar-refractivity contribution is 7.51. The summed E-state index contributed by atoms with van der Waals surface area (Å²) in [6, 6.07) is 13.3. The third-order valence-corrected chi connectivity index (χ3v) is 7.63. The molecule has 1 unspecified atom stereocenters. The fraction of sp³-hybridized carbons (Fsp3) is 0.586. The first-order valence-electron chi connectivity index (χ1n) is 13.0. The highest BCUT2D eigenvalue weighted by atomic mass is 31.2. The number of unbranched alkanes of at least 4 members (excludes halogenated alkanes) is 3. The molecule has 5 heteroatoms. The van der Waals surface area contributed by atoms with Crippen molar-refractivity contribution in [3.8, 4) is 5.75 Å². The van der Waals surface area contributed by atoms with E-state index in [1.807, 2.05) is 0 Å². The van der Waals surface area contributed by atoms with Crippen LogP contribution >= 0.6 is 7.60 Å². The van der Waals surface area contributed by atoms with Gasteiger partial charge in [0.05, 0.1) is 6.61 Å². The van der Waals surface area contributed by atoms with Crippen molar-refractivity contribution in [3.05, 3.63) is 64.2 Å². The molecule has 0 bridgehead atoms. The van der Waals surface area contributed by atoms with Gasteiger partial charge in [-0.15, -0.1) is 0 Å². The monoisotopic (exact) mass is 488 g/mol. The second-order valence-electron chi connectivity index (χ2n) is 9.92. The molecule has 0 saturated carbocycles. The van der Waals surface area contributed by atoms with Crippen molar-refractivity contribution in [2.75, 3.05) is 12.8 Å². The molecule has 0 aliphatic heterocycles. The molecule has 2 aromatic carbocycles. The Bertz CT molecular complexity index is 918. The summed E-state index contributed by atoms with van der Waals surface area (Å²) < 4.78 is 17.0. The Labute approximate surface area is 207 Å². The van der Waals surface area contributed by atoms with Gasteiger partial charge in [-0.2, -0.15) is 0 Å². The normalized spacial score (nSPS) is 12.6. The molecule has 0 fully saturated rings. The Morgan fingerprint density at radius 3 is 2.21 bits per heavy atom. The van der Waals surface area contributed by atoms with Crippen LogP contribution in [0.5, 0.6) is 5.75 Å². The summed E-state index contributed by atoms with van der Waals surface area (Å²) in [4.78, 5) is 17.9. The molecule has 0 aliphatic carbocycles. The van der Waals surface area contributed by atoms with Gasteiger partial charge in [0.1, 0.15) is 5.75 Å². The SMILES string of the molecule is CCCCC(CCCOc1ccc(CCCCCP(=O)(O)O)cc1C)Cc1ccc(C)c(C)c1. The molecular formula is C29H45O4P. The predicted molar refractivity (Wildman–Crippen MR) is 143 cm³/mol. The van der Waals surface area contributed by atoms with Gasteiger partial charge in [0, 0.05) is 6.16 Å². The van der Waals surface area contributed by atoms with Gasteiger partial charge in [0.25, 0.3) is 0 Å². The van der Waals surface area contributed by atoms with E-state index in [0.717, 1.165) is 50.0 Å². The number of aryl methyl sites for hydroxylation is 4. The molecular weight excluding hydrogens is 443 g/mol.